The molecular formula is C25H21BrF2N2O3. The standard InChI is InChI=1S/C25H21BrF2N2O3/c1-32-25(31)15-10-22-23(29-13-15)17-11-20(28)18(26)12-21(17)30(22)24(14-6-8-33-9-7-14)16-4-2-3-5-19(16)27/h2-5,10-14,24H,6-9H2,1H3. The van der Waals surface area contributed by atoms with Crippen LogP contribution in [0.25, 0.3) is 21.9 Å². The van der Waals surface area contributed by atoms with Gasteiger partial charge < -0.3 is 14.0 Å². The normalized spacial score (nSPS) is 15.8. The molecule has 1 saturated heterocycles. The Morgan fingerprint density at radius 2 is 1.91 bits per heavy atom. The number of hydrogen-bond donors (Lipinski definition) is 0. The van der Waals surface area contributed by atoms with Gasteiger partial charge in [0, 0.05) is 30.4 Å². The van der Waals surface area contributed by atoms with Crippen LogP contribution < -0.4 is 0 Å². The van der Waals surface area contributed by atoms with Gasteiger partial charge in [0.2, 0.25) is 0 Å². The molecule has 5 nitrogen and oxygen atoms in total. The average molecular weight is 515 g/mol. The molecule has 1 unspecified atom stereocenters. The maximum absolute atomic E-state index is 15.2. The van der Waals surface area contributed by atoms with Gasteiger partial charge in [0.1, 0.15) is 11.6 Å². The topological polar surface area (TPSA) is 53.3 Å². The maximum Gasteiger partial charge on any atom is 0.339 e. The molecule has 8 heteroatoms. The second-order valence-electron chi connectivity index (χ2n) is 8.15. The molecule has 1 aliphatic rings. The van der Waals surface area contributed by atoms with Gasteiger partial charge in [-0.25, -0.2) is 13.6 Å². The van der Waals surface area contributed by atoms with E-state index < -0.39 is 17.8 Å². The summed E-state index contributed by atoms with van der Waals surface area (Å²) in [5.74, 6) is -1.20. The van der Waals surface area contributed by atoms with Crippen molar-refractivity contribution in [3.05, 3.63) is 75.9 Å². The van der Waals surface area contributed by atoms with Crippen LogP contribution in [0.4, 0.5) is 8.78 Å². The highest BCUT2D eigenvalue weighted by Gasteiger charge is 2.32. The predicted molar refractivity (Wildman–Crippen MR) is 124 cm³/mol. The molecule has 1 aliphatic heterocycles. The van der Waals surface area contributed by atoms with Crippen molar-refractivity contribution >= 4 is 43.8 Å². The molecule has 2 aromatic heterocycles. The largest absolute Gasteiger partial charge is 0.465 e. The quantitative estimate of drug-likeness (QED) is 0.312. The molecule has 3 heterocycles. The van der Waals surface area contributed by atoms with Crippen LogP contribution in [0.5, 0.6) is 0 Å². The van der Waals surface area contributed by atoms with E-state index in [9.17, 15) is 9.18 Å². The van der Waals surface area contributed by atoms with E-state index in [1.54, 1.807) is 24.3 Å². The first-order valence-corrected chi connectivity index (χ1v) is 11.5. The van der Waals surface area contributed by atoms with Crippen LogP contribution >= 0.6 is 15.9 Å². The molecule has 4 aromatic rings. The van der Waals surface area contributed by atoms with E-state index in [4.69, 9.17) is 9.47 Å². The minimum absolute atomic E-state index is 0.0695. The fraction of sp³-hybridized carbons (Fsp3) is 0.280. The van der Waals surface area contributed by atoms with E-state index in [2.05, 4.69) is 20.9 Å². The zero-order valence-electron chi connectivity index (χ0n) is 17.9. The number of hydrogen-bond acceptors (Lipinski definition) is 4. The summed E-state index contributed by atoms with van der Waals surface area (Å²) < 4.78 is 42.5. The SMILES string of the molecule is COC(=O)c1cnc2c3cc(F)c(Br)cc3n(C(c3ccccc3F)C3CCOCC3)c2c1. The molecule has 0 aliphatic carbocycles. The number of benzene rings is 2. The smallest absolute Gasteiger partial charge is 0.339 e. The fourth-order valence-electron chi connectivity index (χ4n) is 4.78. The third-order valence-electron chi connectivity index (χ3n) is 6.32. The van der Waals surface area contributed by atoms with Gasteiger partial charge in [-0.2, -0.15) is 0 Å². The van der Waals surface area contributed by atoms with Gasteiger partial charge >= 0.3 is 5.97 Å². The van der Waals surface area contributed by atoms with Crippen LogP contribution in [-0.4, -0.2) is 35.8 Å². The summed E-state index contributed by atoms with van der Waals surface area (Å²) >= 11 is 3.30. The molecule has 170 valence electrons. The Morgan fingerprint density at radius 3 is 2.64 bits per heavy atom. The lowest BCUT2D eigenvalue weighted by Gasteiger charge is -2.33. The minimum atomic E-state index is -0.526. The number of esters is 1. The summed E-state index contributed by atoms with van der Waals surface area (Å²) in [4.78, 5) is 16.8. The Bertz CT molecular complexity index is 1370. The van der Waals surface area contributed by atoms with Gasteiger partial charge in [0.25, 0.3) is 0 Å². The molecule has 1 atom stereocenters. The number of fused-ring (bicyclic) bond motifs is 3. The van der Waals surface area contributed by atoms with Gasteiger partial charge in [-0.3, -0.25) is 4.98 Å². The molecule has 1 fully saturated rings. The van der Waals surface area contributed by atoms with Crippen LogP contribution in [0.15, 0.2) is 53.1 Å². The Hall–Kier alpha value is -2.84. The Morgan fingerprint density at radius 1 is 1.15 bits per heavy atom. The Balaban J connectivity index is 1.87. The number of carbonyl (C=O) groups excluding carboxylic acids is 1. The number of halogens is 3. The Labute approximate surface area is 197 Å². The third kappa shape index (κ3) is 3.81. The molecule has 2 aromatic carbocycles. The van der Waals surface area contributed by atoms with E-state index in [0.717, 1.165) is 12.8 Å². The van der Waals surface area contributed by atoms with Crippen molar-refractivity contribution in [1.29, 1.82) is 0 Å². The third-order valence-corrected chi connectivity index (χ3v) is 6.92. The lowest BCUT2D eigenvalue weighted by molar-refractivity contribution is 0.0548. The van der Waals surface area contributed by atoms with Crippen molar-refractivity contribution in [2.45, 2.75) is 18.9 Å². The van der Waals surface area contributed by atoms with E-state index in [-0.39, 0.29) is 17.3 Å². The van der Waals surface area contributed by atoms with Gasteiger partial charge in [-0.1, -0.05) is 18.2 Å². The zero-order chi connectivity index (χ0) is 23.1. The average Bonchev–Trinajstić information content (AvgIpc) is 3.13. The fourth-order valence-corrected chi connectivity index (χ4v) is 5.11. The first-order valence-electron chi connectivity index (χ1n) is 10.7. The number of aromatic nitrogens is 2. The summed E-state index contributed by atoms with van der Waals surface area (Å²) in [5.41, 5.74) is 2.66. The number of nitrogens with zero attached hydrogens (tertiary/aromatic N) is 2. The van der Waals surface area contributed by atoms with Crippen molar-refractivity contribution in [2.24, 2.45) is 5.92 Å². The molecule has 0 spiro atoms. The van der Waals surface area contributed by atoms with Crippen LogP contribution in [0.2, 0.25) is 0 Å². The van der Waals surface area contributed by atoms with Crippen molar-refractivity contribution in [1.82, 2.24) is 9.55 Å². The summed E-state index contributed by atoms with van der Waals surface area (Å²) in [6.07, 6.45) is 2.91. The molecule has 0 saturated carbocycles. The van der Waals surface area contributed by atoms with Crippen LogP contribution in [0.3, 0.4) is 0 Å². The van der Waals surface area contributed by atoms with Crippen molar-refractivity contribution in [3.8, 4) is 0 Å². The summed E-state index contributed by atoms with van der Waals surface area (Å²) in [6.45, 7) is 1.16. The van der Waals surface area contributed by atoms with E-state index in [1.807, 2.05) is 10.6 Å². The number of ether oxygens (including phenoxy) is 2. The Kier molecular flexibility index (Phi) is 5.88. The lowest BCUT2D eigenvalue weighted by atomic mass is 9.86. The summed E-state index contributed by atoms with van der Waals surface area (Å²) in [6, 6.07) is 11.1. The number of carbonyl (C=O) groups is 1. The first-order chi connectivity index (χ1) is 16.0. The second-order valence-corrected chi connectivity index (χ2v) is 9.01. The highest BCUT2D eigenvalue weighted by Crippen LogP contribution is 2.42. The highest BCUT2D eigenvalue weighted by atomic mass is 79.9. The molecule has 0 amide bonds. The summed E-state index contributed by atoms with van der Waals surface area (Å²) in [5, 5.41) is 0.593. The van der Waals surface area contributed by atoms with Gasteiger partial charge in [-0.15, -0.1) is 0 Å². The monoisotopic (exact) mass is 514 g/mol. The number of methoxy groups -OCH3 is 1. The maximum atomic E-state index is 15.2. The summed E-state index contributed by atoms with van der Waals surface area (Å²) in [7, 11) is 1.30. The molecule has 0 radical (unpaired) electrons. The van der Waals surface area contributed by atoms with E-state index in [0.29, 0.717) is 45.2 Å². The molecule has 33 heavy (non-hydrogen) atoms. The minimum Gasteiger partial charge on any atom is -0.465 e. The van der Waals surface area contributed by atoms with Crippen molar-refractivity contribution in [2.75, 3.05) is 20.3 Å². The molecular weight excluding hydrogens is 494 g/mol. The zero-order valence-corrected chi connectivity index (χ0v) is 19.4. The van der Waals surface area contributed by atoms with E-state index >= 15 is 4.39 Å². The van der Waals surface area contributed by atoms with Crippen LogP contribution in [-0.2, 0) is 9.47 Å². The first kappa shape index (κ1) is 22.0. The number of rotatable bonds is 4. The van der Waals surface area contributed by atoms with Gasteiger partial charge in [0.05, 0.1) is 39.7 Å². The molecule has 5 rings (SSSR count). The second kappa shape index (κ2) is 8.83. The number of pyridine rings is 1. The highest BCUT2D eigenvalue weighted by molar-refractivity contribution is 9.10. The van der Waals surface area contributed by atoms with Crippen LogP contribution in [0, 0.1) is 17.6 Å². The lowest BCUT2D eigenvalue weighted by Crippen LogP contribution is -2.27. The van der Waals surface area contributed by atoms with Crippen molar-refractivity contribution < 1.29 is 23.0 Å². The van der Waals surface area contributed by atoms with Gasteiger partial charge in [0.15, 0.2) is 0 Å². The molecule has 0 bridgehead atoms. The predicted octanol–water partition coefficient (Wildman–Crippen LogP) is 6.03. The van der Waals surface area contributed by atoms with Gasteiger partial charge in [-0.05, 0) is 59.0 Å². The molecule has 0 N–H and O–H groups in total. The van der Waals surface area contributed by atoms with Crippen LogP contribution in [0.1, 0.15) is 34.8 Å². The van der Waals surface area contributed by atoms with E-state index in [1.165, 1.54) is 25.4 Å². The van der Waals surface area contributed by atoms with Crippen molar-refractivity contribution in [3.63, 3.8) is 0 Å².